The van der Waals surface area contributed by atoms with Crippen LogP contribution in [0.5, 0.6) is 0 Å². The molecule has 0 saturated carbocycles. The van der Waals surface area contributed by atoms with Gasteiger partial charge in [0.2, 0.25) is 82.7 Å². The molecule has 4 heterocycles. The van der Waals surface area contributed by atoms with Crippen molar-refractivity contribution in [1.29, 1.82) is 0 Å². The van der Waals surface area contributed by atoms with Gasteiger partial charge < -0.3 is 73.6 Å². The van der Waals surface area contributed by atoms with E-state index in [1.54, 1.807) is 27.7 Å². The van der Waals surface area contributed by atoms with E-state index in [9.17, 15) is 67.1 Å². The number of rotatable bonds is 34. The number of amides is 14. The zero-order valence-electron chi connectivity index (χ0n) is 64.4. The third-order valence-electron chi connectivity index (χ3n) is 20.7. The molecule has 0 aliphatic carbocycles. The lowest BCUT2D eigenvalue weighted by molar-refractivity contribution is -0.150. The van der Waals surface area contributed by atoms with Crippen LogP contribution in [0.3, 0.4) is 0 Å². The smallest absolute Gasteiger partial charge is 0.248 e. The van der Waals surface area contributed by atoms with E-state index >= 15 is 0 Å². The predicted molar refractivity (Wildman–Crippen MR) is 381 cm³/mol. The number of hydrogen-bond donors (Lipinski definition) is 12. The SMILES string of the molecule is CCC(C)(NC(=O)[C@@H]1CCCN1C(C)=O)C(=O)NC(C)(CC)C(=O)NCCC(=O)NCC(=O)NC(C)(C)C(=O)NC(C)(C)C(=O)NC(C)(CC)C(=O)NC(C)(C)C(=O)NC(C)(C)C(=O)NC(C)(C)C(=O)N1CCCC[C@H]1C(=O)NC(C)(CC)C(=O)NC(CC(C)C)CN1CCCN2CCCC21. The summed E-state index contributed by atoms with van der Waals surface area (Å²) >= 11 is 0. The van der Waals surface area contributed by atoms with Crippen LogP contribution in [0.15, 0.2) is 0 Å². The Hall–Kier alpha value is -7.50. The second kappa shape index (κ2) is 34.6. The Bertz CT molecular complexity index is 3080. The fourth-order valence-electron chi connectivity index (χ4n) is 12.8. The molecule has 6 unspecified atom stereocenters. The van der Waals surface area contributed by atoms with Gasteiger partial charge in [0.25, 0.3) is 0 Å². The van der Waals surface area contributed by atoms with E-state index in [1.165, 1.54) is 107 Å². The number of carbonyl (C=O) groups excluding carboxylic acids is 14. The molecule has 0 spiro atoms. The molecule has 0 aromatic rings. The monoisotopic (exact) mass is 1420 g/mol. The molecule has 0 aromatic heterocycles. The van der Waals surface area contributed by atoms with Gasteiger partial charge in [-0.15, -0.1) is 0 Å². The molecule has 4 aliphatic heterocycles. The summed E-state index contributed by atoms with van der Waals surface area (Å²) in [5.41, 5.74) is -14.3. The molecule has 0 aromatic carbocycles. The summed E-state index contributed by atoms with van der Waals surface area (Å²) in [7, 11) is 0. The van der Waals surface area contributed by atoms with Crippen molar-refractivity contribution in [1.82, 2.24) is 83.4 Å². The molecular weight excluding hydrogens is 1300 g/mol. The van der Waals surface area contributed by atoms with Gasteiger partial charge in [0.15, 0.2) is 0 Å². The molecule has 30 heteroatoms. The lowest BCUT2D eigenvalue weighted by atomic mass is 9.91. The maximum absolute atomic E-state index is 14.6. The lowest BCUT2D eigenvalue weighted by Gasteiger charge is -2.43. The molecule has 0 radical (unpaired) electrons. The molecule has 0 bridgehead atoms. The van der Waals surface area contributed by atoms with Crippen LogP contribution in [0, 0.1) is 5.92 Å². The predicted octanol–water partition coefficient (Wildman–Crippen LogP) is 1.27. The minimum Gasteiger partial charge on any atom is -0.354 e. The van der Waals surface area contributed by atoms with Crippen LogP contribution in [-0.2, 0) is 67.1 Å². The van der Waals surface area contributed by atoms with Crippen molar-refractivity contribution in [2.45, 2.75) is 309 Å². The first-order valence-electron chi connectivity index (χ1n) is 36.4. The van der Waals surface area contributed by atoms with Crippen molar-refractivity contribution in [3.8, 4) is 0 Å². The van der Waals surface area contributed by atoms with Crippen LogP contribution in [0.1, 0.15) is 235 Å². The standard InChI is InChI=1S/C71H124N16O14/c1-22-68(18,83-61(100)70(20,24-3)77-52(91)47-32-28-40-86(47)45(7)88)58(97)72-35-34-49(89)73-42-50(90)75-63(8,9)54(93)78-66(14,15)57(96)82-71(21,25-4)60(99)81-65(12,13)55(94)79-64(10,11)56(95)80-67(16,17)62(101)87-39-27-26-31-48(87)53(92)76-69(19,23-2)59(98)74-46(41-44(5)6)43-85-38-30-37-84-36-29-33-51(84)85/h44,46-48,51H,22-43H2,1-21H3,(H,72,97)(H,73,89)(H,74,98)(H,75,90)(H,76,92)(H,77,91)(H,78,93)(H,79,94)(H,80,95)(H,81,99)(H,82,96)(H,83,100)/t46?,47-,48-,51?,68?,69?,70?,71?/m0/s1. The third kappa shape index (κ3) is 22.5. The molecule has 4 fully saturated rings. The summed E-state index contributed by atoms with van der Waals surface area (Å²) in [6.45, 7) is 36.5. The number of carbonyl (C=O) groups is 14. The topological polar surface area (TPSA) is 396 Å². The Kier molecular flexibility index (Phi) is 29.5. The number of fused-ring (bicyclic) bond motifs is 1. The van der Waals surface area contributed by atoms with E-state index in [2.05, 4.69) is 87.4 Å². The number of piperidine rings is 1. The Balaban J connectivity index is 1.28. The molecular formula is C71H124N16O14. The second-order valence-electron chi connectivity index (χ2n) is 32.1. The Morgan fingerprint density at radius 2 is 0.822 bits per heavy atom. The third-order valence-corrected chi connectivity index (χ3v) is 20.7. The molecule has 8 atom stereocenters. The summed E-state index contributed by atoms with van der Waals surface area (Å²) < 4.78 is 0. The van der Waals surface area contributed by atoms with E-state index in [4.69, 9.17) is 0 Å². The molecule has 12 N–H and O–H groups in total. The minimum atomic E-state index is -1.73. The Morgan fingerprint density at radius 3 is 1.35 bits per heavy atom. The molecule has 4 aliphatic rings. The highest BCUT2D eigenvalue weighted by Crippen LogP contribution is 2.29. The van der Waals surface area contributed by atoms with Gasteiger partial charge in [0, 0.05) is 58.7 Å². The van der Waals surface area contributed by atoms with Gasteiger partial charge in [-0.3, -0.25) is 76.9 Å². The molecule has 572 valence electrons. The van der Waals surface area contributed by atoms with Gasteiger partial charge in [-0.1, -0.05) is 41.5 Å². The molecule has 14 amide bonds. The van der Waals surface area contributed by atoms with E-state index in [1.807, 2.05) is 6.92 Å². The van der Waals surface area contributed by atoms with E-state index < -0.39 is 139 Å². The van der Waals surface area contributed by atoms with Gasteiger partial charge in [0.05, 0.1) is 12.7 Å². The average Bonchev–Trinajstić information content (AvgIpc) is 1.30. The van der Waals surface area contributed by atoms with Gasteiger partial charge in [-0.25, -0.2) is 0 Å². The fraction of sp³-hybridized carbons (Fsp3) is 0.803. The number of nitrogens with zero attached hydrogens (tertiary/aromatic N) is 4. The van der Waals surface area contributed by atoms with Crippen LogP contribution in [0.4, 0.5) is 0 Å². The summed E-state index contributed by atoms with van der Waals surface area (Å²) in [6.07, 6.45) is 7.44. The van der Waals surface area contributed by atoms with E-state index in [-0.39, 0.29) is 63.0 Å². The Labute approximate surface area is 598 Å². The maximum atomic E-state index is 14.6. The van der Waals surface area contributed by atoms with Crippen LogP contribution >= 0.6 is 0 Å². The van der Waals surface area contributed by atoms with Gasteiger partial charge in [-0.05, 0) is 193 Å². The van der Waals surface area contributed by atoms with Crippen LogP contribution in [-0.4, -0.2) is 229 Å². The summed E-state index contributed by atoms with van der Waals surface area (Å²) in [6, 6.07) is -1.80. The molecule has 4 saturated heterocycles. The number of hydrogen-bond acceptors (Lipinski definition) is 16. The zero-order chi connectivity index (χ0) is 76.8. The van der Waals surface area contributed by atoms with Gasteiger partial charge in [-0.2, -0.15) is 0 Å². The highest BCUT2D eigenvalue weighted by Gasteiger charge is 2.49. The zero-order valence-corrected chi connectivity index (χ0v) is 64.4. The summed E-state index contributed by atoms with van der Waals surface area (Å²) in [4.78, 5) is 200. The van der Waals surface area contributed by atoms with Crippen LogP contribution in [0.25, 0.3) is 0 Å². The molecule has 101 heavy (non-hydrogen) atoms. The first kappa shape index (κ1) is 85.9. The normalized spacial score (nSPS) is 20.5. The van der Waals surface area contributed by atoms with Crippen molar-refractivity contribution in [2.24, 2.45) is 5.92 Å². The summed E-state index contributed by atoms with van der Waals surface area (Å²) in [5, 5.41) is 32.9. The first-order valence-corrected chi connectivity index (χ1v) is 36.4. The average molecular weight is 1430 g/mol. The van der Waals surface area contributed by atoms with Gasteiger partial charge >= 0.3 is 0 Å². The minimum absolute atomic E-state index is 0.00513. The van der Waals surface area contributed by atoms with Crippen LogP contribution in [0.2, 0.25) is 0 Å². The van der Waals surface area contributed by atoms with Crippen LogP contribution < -0.4 is 63.8 Å². The maximum Gasteiger partial charge on any atom is 0.248 e. The lowest BCUT2D eigenvalue weighted by Crippen LogP contribution is -2.70. The van der Waals surface area contributed by atoms with Crippen molar-refractivity contribution in [3.63, 3.8) is 0 Å². The fourth-order valence-corrected chi connectivity index (χ4v) is 12.8. The van der Waals surface area contributed by atoms with Gasteiger partial charge in [0.1, 0.15) is 61.9 Å². The Morgan fingerprint density at radius 1 is 0.406 bits per heavy atom. The highest BCUT2D eigenvalue weighted by atomic mass is 16.2. The summed E-state index contributed by atoms with van der Waals surface area (Å²) in [5.74, 6) is -8.36. The molecule has 4 rings (SSSR count). The van der Waals surface area contributed by atoms with E-state index in [0.29, 0.717) is 57.3 Å². The first-order chi connectivity index (χ1) is 46.5. The second-order valence-corrected chi connectivity index (χ2v) is 32.1. The van der Waals surface area contributed by atoms with Crippen molar-refractivity contribution in [2.75, 3.05) is 52.4 Å². The largest absolute Gasteiger partial charge is 0.354 e. The number of likely N-dealkylation sites (tertiary alicyclic amines) is 2. The van der Waals surface area contributed by atoms with E-state index in [0.717, 1.165) is 45.3 Å². The highest BCUT2D eigenvalue weighted by molar-refractivity contribution is 6.03. The quantitative estimate of drug-likeness (QED) is 0.0432. The van der Waals surface area contributed by atoms with Crippen molar-refractivity contribution >= 4 is 82.7 Å². The van der Waals surface area contributed by atoms with Crippen molar-refractivity contribution < 1.29 is 67.1 Å². The molecule has 30 nitrogen and oxygen atoms in total. The van der Waals surface area contributed by atoms with Crippen molar-refractivity contribution in [3.05, 3.63) is 0 Å². The number of nitrogens with one attached hydrogen (secondary N) is 12.